The Bertz CT molecular complexity index is 2140. The molecule has 1 saturated heterocycles. The number of para-hydroxylation sites is 1. The SMILES string of the molecule is O=C1N(c2c(F)c(F)c(F)c(F)c2F)C(=O)[C@@]2(Cl)[C@@H](c3ccc(O)cc3)C3=CCn4c(=O)n(-c5ccccc5)c(=O)n4[C@@H]3C[C@@]12Cl. The molecule has 3 aliphatic rings. The number of allylic oxidation sites excluding steroid dienone is 2. The third-order valence-electron chi connectivity index (χ3n) is 8.73. The van der Waals surface area contributed by atoms with Crippen molar-refractivity contribution in [1.82, 2.24) is 13.9 Å². The fraction of sp³-hybridized carbons (Fsp3) is 0.200. The van der Waals surface area contributed by atoms with Gasteiger partial charge in [0.1, 0.15) is 11.4 Å². The smallest absolute Gasteiger partial charge is 0.352 e. The van der Waals surface area contributed by atoms with E-state index in [-0.39, 0.29) is 34.0 Å². The molecule has 46 heavy (non-hydrogen) atoms. The number of rotatable bonds is 3. The van der Waals surface area contributed by atoms with Crippen LogP contribution in [0.4, 0.5) is 27.6 Å². The Morgan fingerprint density at radius 2 is 1.35 bits per heavy atom. The third-order valence-corrected chi connectivity index (χ3v) is 10.1. The number of aromatic hydroxyl groups is 1. The van der Waals surface area contributed by atoms with Gasteiger partial charge < -0.3 is 5.11 Å². The Morgan fingerprint density at radius 3 is 1.96 bits per heavy atom. The van der Waals surface area contributed by atoms with E-state index in [2.05, 4.69) is 0 Å². The fourth-order valence-electron chi connectivity index (χ4n) is 6.67. The zero-order valence-electron chi connectivity index (χ0n) is 22.9. The average molecular weight is 679 g/mol. The number of aromatic nitrogens is 3. The highest BCUT2D eigenvalue weighted by atomic mass is 35.5. The van der Waals surface area contributed by atoms with Crippen molar-refractivity contribution < 1.29 is 36.6 Å². The Balaban J connectivity index is 1.49. The minimum Gasteiger partial charge on any atom is -0.508 e. The van der Waals surface area contributed by atoms with Gasteiger partial charge in [0.25, 0.3) is 11.8 Å². The van der Waals surface area contributed by atoms with Crippen molar-refractivity contribution in [1.29, 1.82) is 0 Å². The van der Waals surface area contributed by atoms with Crippen LogP contribution in [-0.4, -0.2) is 40.6 Å². The molecular formula is C30H17Cl2F5N4O5. The van der Waals surface area contributed by atoms with Gasteiger partial charge in [-0.2, -0.15) is 0 Å². The number of hydrogen-bond donors (Lipinski definition) is 1. The van der Waals surface area contributed by atoms with Crippen molar-refractivity contribution in [3.05, 3.63) is 122 Å². The molecular weight excluding hydrogens is 662 g/mol. The summed E-state index contributed by atoms with van der Waals surface area (Å²) in [5.41, 5.74) is -2.92. The standard InChI is InChI=1S/C30H17Cl2F5N4O5/c31-29-12-17-16(10-11-38-27(45)39(28(46)41(17)38)14-4-2-1-3-5-14)18(13-6-8-15(42)9-7-13)30(29,32)26(44)40(25(29)43)24-22(36)20(34)19(33)21(35)23(24)37/h1-10,17-18,42H,11-12H2/t17-,18+,29-,30+/m1/s1. The van der Waals surface area contributed by atoms with Crippen molar-refractivity contribution >= 4 is 40.7 Å². The first-order chi connectivity index (χ1) is 21.8. The Labute approximate surface area is 263 Å². The van der Waals surface area contributed by atoms with Gasteiger partial charge in [-0.3, -0.25) is 9.59 Å². The average Bonchev–Trinajstić information content (AvgIpc) is 3.38. The van der Waals surface area contributed by atoms with E-state index in [1.807, 2.05) is 0 Å². The largest absolute Gasteiger partial charge is 0.508 e. The first-order valence-corrected chi connectivity index (χ1v) is 14.3. The van der Waals surface area contributed by atoms with Crippen LogP contribution >= 0.6 is 23.2 Å². The van der Waals surface area contributed by atoms with Crippen LogP contribution in [-0.2, 0) is 16.1 Å². The second kappa shape index (κ2) is 9.90. The molecule has 0 spiro atoms. The lowest BCUT2D eigenvalue weighted by Crippen LogP contribution is -2.59. The highest BCUT2D eigenvalue weighted by Gasteiger charge is 2.76. The Hall–Kier alpha value is -4.69. The van der Waals surface area contributed by atoms with E-state index in [0.29, 0.717) is 0 Å². The number of nitrogens with zero attached hydrogens (tertiary/aromatic N) is 4. The molecule has 0 unspecified atom stereocenters. The second-order valence-electron chi connectivity index (χ2n) is 11.0. The molecule has 7 rings (SSSR count). The zero-order valence-corrected chi connectivity index (χ0v) is 24.4. The van der Waals surface area contributed by atoms with Crippen LogP contribution in [0.15, 0.2) is 75.8 Å². The Morgan fingerprint density at radius 1 is 0.761 bits per heavy atom. The predicted molar refractivity (Wildman–Crippen MR) is 153 cm³/mol. The molecule has 1 aliphatic carbocycles. The summed E-state index contributed by atoms with van der Waals surface area (Å²) in [6.45, 7) is -0.222. The molecule has 4 aromatic rings. The van der Waals surface area contributed by atoms with Gasteiger partial charge in [0.2, 0.25) is 5.82 Å². The molecule has 0 bridgehead atoms. The van der Waals surface area contributed by atoms with Crippen LogP contribution in [0.2, 0.25) is 0 Å². The summed E-state index contributed by atoms with van der Waals surface area (Å²) in [7, 11) is 0. The molecule has 2 amide bonds. The highest BCUT2D eigenvalue weighted by Crippen LogP contribution is 2.64. The number of anilines is 1. The maximum atomic E-state index is 15.1. The number of imide groups is 1. The van der Waals surface area contributed by atoms with Gasteiger partial charge in [-0.25, -0.2) is 50.4 Å². The van der Waals surface area contributed by atoms with Crippen molar-refractivity contribution in [2.45, 2.75) is 34.7 Å². The highest BCUT2D eigenvalue weighted by molar-refractivity contribution is 6.58. The number of halogens is 7. The van der Waals surface area contributed by atoms with Crippen LogP contribution in [0, 0.1) is 29.1 Å². The van der Waals surface area contributed by atoms with Gasteiger partial charge >= 0.3 is 11.4 Å². The number of benzene rings is 3. The molecule has 9 nitrogen and oxygen atoms in total. The molecule has 1 N–H and O–H groups in total. The van der Waals surface area contributed by atoms with Crippen molar-refractivity contribution in [2.24, 2.45) is 0 Å². The number of phenolic OH excluding ortho intramolecular Hbond substituents is 1. The minimum absolute atomic E-state index is 0.139. The summed E-state index contributed by atoms with van der Waals surface area (Å²) < 4.78 is 75.6. The van der Waals surface area contributed by atoms with E-state index in [1.165, 1.54) is 42.5 Å². The van der Waals surface area contributed by atoms with Crippen LogP contribution in [0.1, 0.15) is 23.9 Å². The number of carbonyl (C=O) groups excluding carboxylic acids is 2. The van der Waals surface area contributed by atoms with E-state index in [0.717, 1.165) is 13.9 Å². The number of alkyl halides is 2. The van der Waals surface area contributed by atoms with Gasteiger partial charge in [0, 0.05) is 12.3 Å². The van der Waals surface area contributed by atoms with E-state index < -0.39 is 86.1 Å². The number of amides is 2. The number of phenols is 1. The first kappa shape index (κ1) is 30.0. The molecule has 3 heterocycles. The maximum absolute atomic E-state index is 15.1. The van der Waals surface area contributed by atoms with Crippen LogP contribution in [0.3, 0.4) is 0 Å². The lowest BCUT2D eigenvalue weighted by molar-refractivity contribution is -0.122. The van der Waals surface area contributed by atoms with E-state index in [9.17, 15) is 37.5 Å². The number of carbonyl (C=O) groups is 2. The van der Waals surface area contributed by atoms with E-state index in [4.69, 9.17) is 23.2 Å². The summed E-state index contributed by atoms with van der Waals surface area (Å²) in [6, 6.07) is 11.7. The van der Waals surface area contributed by atoms with Crippen molar-refractivity contribution in [3.63, 3.8) is 0 Å². The summed E-state index contributed by atoms with van der Waals surface area (Å²) >= 11 is 14.0. The van der Waals surface area contributed by atoms with Crippen LogP contribution in [0.25, 0.3) is 5.69 Å². The molecule has 0 radical (unpaired) electrons. The molecule has 16 heteroatoms. The molecule has 236 valence electrons. The maximum Gasteiger partial charge on any atom is 0.352 e. The lowest BCUT2D eigenvalue weighted by atomic mass is 9.64. The normalized spacial score (nSPS) is 25.3. The second-order valence-corrected chi connectivity index (χ2v) is 12.2. The molecule has 1 saturated carbocycles. The summed E-state index contributed by atoms with van der Waals surface area (Å²) in [4.78, 5) is 50.0. The molecule has 2 aliphatic heterocycles. The molecule has 4 atom stereocenters. The van der Waals surface area contributed by atoms with Gasteiger partial charge in [-0.15, -0.1) is 23.2 Å². The summed E-state index contributed by atoms with van der Waals surface area (Å²) in [5, 5.41) is 9.94. The van der Waals surface area contributed by atoms with Crippen molar-refractivity contribution in [3.8, 4) is 11.4 Å². The number of fused-ring (bicyclic) bond motifs is 4. The lowest BCUT2D eigenvalue weighted by Gasteiger charge is -2.49. The van der Waals surface area contributed by atoms with Gasteiger partial charge in [0.15, 0.2) is 33.0 Å². The van der Waals surface area contributed by atoms with Crippen LogP contribution < -0.4 is 16.3 Å². The molecule has 3 aromatic carbocycles. The van der Waals surface area contributed by atoms with Crippen LogP contribution in [0.5, 0.6) is 5.75 Å². The van der Waals surface area contributed by atoms with Gasteiger partial charge in [0.05, 0.1) is 18.3 Å². The Kier molecular flexibility index (Phi) is 6.46. The molecule has 1 aromatic heterocycles. The fourth-order valence-corrected chi connectivity index (χ4v) is 7.58. The monoisotopic (exact) mass is 678 g/mol. The predicted octanol–water partition coefficient (Wildman–Crippen LogP) is 4.40. The first-order valence-electron chi connectivity index (χ1n) is 13.5. The van der Waals surface area contributed by atoms with E-state index in [1.54, 1.807) is 18.2 Å². The summed E-state index contributed by atoms with van der Waals surface area (Å²) in [5.74, 6) is -17.2. The zero-order chi connectivity index (χ0) is 33.0. The third kappa shape index (κ3) is 3.62. The minimum atomic E-state index is -2.68. The molecule has 2 fully saturated rings. The van der Waals surface area contributed by atoms with Crippen molar-refractivity contribution in [2.75, 3.05) is 4.90 Å². The topological polar surface area (TPSA) is 107 Å². The quantitative estimate of drug-likeness (QED) is 0.0864. The van der Waals surface area contributed by atoms with Gasteiger partial charge in [-0.05, 0) is 35.4 Å². The number of hydrogen-bond acceptors (Lipinski definition) is 5. The van der Waals surface area contributed by atoms with Gasteiger partial charge in [-0.1, -0.05) is 36.4 Å². The summed E-state index contributed by atoms with van der Waals surface area (Å²) in [6.07, 6.45) is 0.769. The van der Waals surface area contributed by atoms with E-state index >= 15 is 8.78 Å².